The fourth-order valence-electron chi connectivity index (χ4n) is 1.34. The molecule has 0 heterocycles. The van der Waals surface area contributed by atoms with Crippen molar-refractivity contribution in [2.24, 2.45) is 0 Å². The van der Waals surface area contributed by atoms with Crippen LogP contribution in [0.4, 0.5) is 0 Å². The minimum atomic E-state index is -0.716. The summed E-state index contributed by atoms with van der Waals surface area (Å²) in [6.45, 7) is 9.60. The van der Waals surface area contributed by atoms with Crippen LogP contribution >= 0.6 is 0 Å². The van der Waals surface area contributed by atoms with Crippen molar-refractivity contribution in [2.75, 3.05) is 13.2 Å². The number of ether oxygens (including phenoxy) is 1. The number of benzene rings is 1. The minimum Gasteiger partial charge on any atom is -0.494 e. The maximum atomic E-state index is 9.65. The third-order valence-corrected chi connectivity index (χ3v) is 2.27. The van der Waals surface area contributed by atoms with Gasteiger partial charge in [-0.2, -0.15) is 0 Å². The van der Waals surface area contributed by atoms with Crippen LogP contribution in [0.25, 0.3) is 4.85 Å². The molecule has 0 aliphatic heterocycles. The Hall–Kier alpha value is -1.53. The lowest BCUT2D eigenvalue weighted by Gasteiger charge is -2.08. The molecule has 0 aromatic heterocycles. The zero-order valence-electron chi connectivity index (χ0n) is 9.52. The largest absolute Gasteiger partial charge is 0.494 e. The molecule has 0 fully saturated rings. The molecule has 1 N–H and O–H groups in total. The number of hydrogen-bond donors (Lipinski definition) is 1. The van der Waals surface area contributed by atoms with Gasteiger partial charge in [-0.3, -0.25) is 0 Å². The normalized spacial score (nSPS) is 11.8. The van der Waals surface area contributed by atoms with Crippen LogP contribution in [-0.4, -0.2) is 18.3 Å². The number of rotatable bonds is 6. The molecular formula is C13H17NO2. The summed E-state index contributed by atoms with van der Waals surface area (Å²) in [7, 11) is 0. The fourth-order valence-corrected chi connectivity index (χ4v) is 1.34. The molecule has 86 valence electrons. The summed E-state index contributed by atoms with van der Waals surface area (Å²) in [4.78, 5) is 3.18. The van der Waals surface area contributed by atoms with Gasteiger partial charge in [0.15, 0.2) is 6.10 Å². The summed E-state index contributed by atoms with van der Waals surface area (Å²) in [5, 5.41) is 9.65. The third kappa shape index (κ3) is 3.92. The Morgan fingerprint density at radius 3 is 3.00 bits per heavy atom. The van der Waals surface area contributed by atoms with Crippen molar-refractivity contribution in [1.29, 1.82) is 0 Å². The van der Waals surface area contributed by atoms with Gasteiger partial charge < -0.3 is 14.7 Å². The predicted molar refractivity (Wildman–Crippen MR) is 63.3 cm³/mol. The minimum absolute atomic E-state index is 0.0956. The van der Waals surface area contributed by atoms with Gasteiger partial charge in [-0.25, -0.2) is 6.57 Å². The maximum Gasteiger partial charge on any atom is 0.244 e. The van der Waals surface area contributed by atoms with E-state index in [9.17, 15) is 5.11 Å². The number of hydrogen-bond acceptors (Lipinski definition) is 2. The highest BCUT2D eigenvalue weighted by molar-refractivity contribution is 5.30. The van der Waals surface area contributed by atoms with E-state index in [-0.39, 0.29) is 6.54 Å². The molecule has 0 radical (unpaired) electrons. The second-order valence-corrected chi connectivity index (χ2v) is 3.63. The van der Waals surface area contributed by atoms with E-state index in [0.717, 1.165) is 24.2 Å². The summed E-state index contributed by atoms with van der Waals surface area (Å²) >= 11 is 0. The smallest absolute Gasteiger partial charge is 0.244 e. The van der Waals surface area contributed by atoms with Crippen LogP contribution in [0.15, 0.2) is 24.3 Å². The topological polar surface area (TPSA) is 33.8 Å². The summed E-state index contributed by atoms with van der Waals surface area (Å²) in [6, 6.07) is 7.31. The molecule has 0 saturated heterocycles. The van der Waals surface area contributed by atoms with Gasteiger partial charge in [-0.15, -0.1) is 0 Å². The first kappa shape index (κ1) is 12.5. The van der Waals surface area contributed by atoms with E-state index in [4.69, 9.17) is 11.3 Å². The second kappa shape index (κ2) is 6.86. The van der Waals surface area contributed by atoms with Crippen molar-refractivity contribution in [3.8, 4) is 5.75 Å². The molecule has 0 aliphatic carbocycles. The van der Waals surface area contributed by atoms with Crippen LogP contribution in [0, 0.1) is 6.57 Å². The van der Waals surface area contributed by atoms with E-state index < -0.39 is 6.10 Å². The first-order valence-electron chi connectivity index (χ1n) is 5.52. The Balaban J connectivity index is 2.60. The summed E-state index contributed by atoms with van der Waals surface area (Å²) < 4.78 is 5.53. The van der Waals surface area contributed by atoms with Crippen LogP contribution in [0.5, 0.6) is 5.75 Å². The second-order valence-electron chi connectivity index (χ2n) is 3.63. The van der Waals surface area contributed by atoms with Crippen molar-refractivity contribution in [3.05, 3.63) is 41.2 Å². The van der Waals surface area contributed by atoms with Crippen LogP contribution in [0.3, 0.4) is 0 Å². The molecule has 1 aromatic rings. The van der Waals surface area contributed by atoms with Gasteiger partial charge >= 0.3 is 0 Å². The molecule has 0 saturated carbocycles. The molecule has 0 amide bonds. The molecule has 1 aromatic carbocycles. The summed E-state index contributed by atoms with van der Waals surface area (Å²) in [6.07, 6.45) is 1.40. The first-order valence-corrected chi connectivity index (χ1v) is 5.52. The monoisotopic (exact) mass is 219 g/mol. The molecule has 16 heavy (non-hydrogen) atoms. The van der Waals surface area contributed by atoms with E-state index in [1.807, 2.05) is 18.2 Å². The lowest BCUT2D eigenvalue weighted by atomic mass is 10.1. The Labute approximate surface area is 96.5 Å². The van der Waals surface area contributed by atoms with E-state index >= 15 is 0 Å². The van der Waals surface area contributed by atoms with Crippen LogP contribution in [0.2, 0.25) is 0 Å². The van der Waals surface area contributed by atoms with Gasteiger partial charge in [-0.05, 0) is 24.1 Å². The van der Waals surface area contributed by atoms with Gasteiger partial charge in [0.1, 0.15) is 5.75 Å². The zero-order valence-corrected chi connectivity index (χ0v) is 9.52. The lowest BCUT2D eigenvalue weighted by Crippen LogP contribution is -2.01. The molecule has 3 nitrogen and oxygen atoms in total. The van der Waals surface area contributed by atoms with Crippen molar-refractivity contribution in [1.82, 2.24) is 0 Å². The highest BCUT2D eigenvalue weighted by Gasteiger charge is 2.10. The molecular weight excluding hydrogens is 202 g/mol. The Bertz CT molecular complexity index is 357. The summed E-state index contributed by atoms with van der Waals surface area (Å²) in [5.41, 5.74) is 0.741. The Morgan fingerprint density at radius 1 is 1.50 bits per heavy atom. The maximum absolute atomic E-state index is 9.65. The van der Waals surface area contributed by atoms with Crippen molar-refractivity contribution >= 4 is 0 Å². The van der Waals surface area contributed by atoms with Crippen molar-refractivity contribution in [3.63, 3.8) is 0 Å². The van der Waals surface area contributed by atoms with Crippen LogP contribution < -0.4 is 4.74 Å². The molecule has 0 bridgehead atoms. The number of aliphatic hydroxyl groups excluding tert-OH is 1. The average molecular weight is 219 g/mol. The van der Waals surface area contributed by atoms with Gasteiger partial charge in [0, 0.05) is 0 Å². The standard InChI is InChI=1S/C13H17NO2/c1-3-4-8-16-12-7-5-6-11(9-12)13(15)10-14-2/h5-7,9,13,15H,3-4,8,10H2,1H3. The lowest BCUT2D eigenvalue weighted by molar-refractivity contribution is 0.194. The Morgan fingerprint density at radius 2 is 2.31 bits per heavy atom. The van der Waals surface area contributed by atoms with E-state index in [0.29, 0.717) is 6.61 Å². The molecule has 1 rings (SSSR count). The highest BCUT2D eigenvalue weighted by atomic mass is 16.5. The quantitative estimate of drug-likeness (QED) is 0.589. The van der Waals surface area contributed by atoms with Gasteiger partial charge in [-0.1, -0.05) is 25.5 Å². The number of unbranched alkanes of at least 4 members (excludes halogenated alkanes) is 1. The third-order valence-electron chi connectivity index (χ3n) is 2.27. The van der Waals surface area contributed by atoms with E-state index in [2.05, 4.69) is 11.8 Å². The van der Waals surface area contributed by atoms with Crippen LogP contribution in [-0.2, 0) is 0 Å². The van der Waals surface area contributed by atoms with E-state index in [1.54, 1.807) is 6.07 Å². The number of nitrogens with zero attached hydrogens (tertiary/aromatic N) is 1. The zero-order chi connectivity index (χ0) is 11.8. The van der Waals surface area contributed by atoms with Crippen molar-refractivity contribution < 1.29 is 9.84 Å². The number of aliphatic hydroxyl groups is 1. The van der Waals surface area contributed by atoms with Gasteiger partial charge in [0.25, 0.3) is 0 Å². The molecule has 0 aliphatic rings. The van der Waals surface area contributed by atoms with Gasteiger partial charge in [0.05, 0.1) is 6.61 Å². The Kier molecular flexibility index (Phi) is 5.38. The molecule has 3 heteroatoms. The van der Waals surface area contributed by atoms with Gasteiger partial charge in [0.2, 0.25) is 6.54 Å². The SMILES string of the molecule is [C-]#[N+]CC(O)c1cccc(OCCCC)c1. The first-order chi connectivity index (χ1) is 7.77. The van der Waals surface area contributed by atoms with E-state index in [1.165, 1.54) is 0 Å². The molecule has 1 unspecified atom stereocenters. The fraction of sp³-hybridized carbons (Fsp3) is 0.462. The molecule has 1 atom stereocenters. The molecule has 0 spiro atoms. The van der Waals surface area contributed by atoms with Crippen molar-refractivity contribution in [2.45, 2.75) is 25.9 Å². The van der Waals surface area contributed by atoms with Crippen LogP contribution in [0.1, 0.15) is 31.4 Å². The summed E-state index contributed by atoms with van der Waals surface area (Å²) in [5.74, 6) is 0.759. The average Bonchev–Trinajstić information content (AvgIpc) is 2.30. The highest BCUT2D eigenvalue weighted by Crippen LogP contribution is 2.19. The predicted octanol–water partition coefficient (Wildman–Crippen LogP) is 2.82.